The van der Waals surface area contributed by atoms with Gasteiger partial charge in [0.05, 0.1) is 15.5 Å². The number of carbonyl (C=O) groups is 1. The van der Waals surface area contributed by atoms with Crippen LogP contribution in [0, 0.1) is 0 Å². The lowest BCUT2D eigenvalue weighted by Crippen LogP contribution is -2.43. The number of sulfone groups is 1. The van der Waals surface area contributed by atoms with Gasteiger partial charge in [0.1, 0.15) is 6.04 Å². The second kappa shape index (κ2) is 9.82. The molecule has 4 rings (SSSR count). The molecule has 180 valence electrons. The summed E-state index contributed by atoms with van der Waals surface area (Å²) < 4.78 is 57.3. The minimum atomic E-state index is -3.91. The SMILES string of the molecule is O=C(Nc1nnc(CCS(=O)(=O)c2ccccc2)o1)C1CCCN1S(=O)(=O)c1ccc(Cl)cc1. The lowest BCUT2D eigenvalue weighted by molar-refractivity contribution is -0.119. The maximum atomic E-state index is 13.0. The van der Waals surface area contributed by atoms with E-state index in [1.165, 1.54) is 36.4 Å². The van der Waals surface area contributed by atoms with E-state index in [0.717, 1.165) is 4.31 Å². The van der Waals surface area contributed by atoms with Gasteiger partial charge in [-0.15, -0.1) is 5.10 Å². The number of sulfonamides is 1. The fourth-order valence-electron chi connectivity index (χ4n) is 3.59. The molecular weight excluding hydrogens is 504 g/mol. The van der Waals surface area contributed by atoms with Gasteiger partial charge in [0.15, 0.2) is 9.84 Å². The van der Waals surface area contributed by atoms with E-state index in [2.05, 4.69) is 15.5 Å². The number of amides is 1. The Labute approximate surface area is 201 Å². The molecule has 10 nitrogen and oxygen atoms in total. The number of benzene rings is 2. The molecule has 13 heteroatoms. The fraction of sp³-hybridized carbons (Fsp3) is 0.286. The predicted molar refractivity (Wildman–Crippen MR) is 123 cm³/mol. The number of anilines is 1. The van der Waals surface area contributed by atoms with Crippen LogP contribution in [0.1, 0.15) is 18.7 Å². The Morgan fingerprint density at radius 3 is 2.44 bits per heavy atom. The van der Waals surface area contributed by atoms with Gasteiger partial charge in [-0.3, -0.25) is 10.1 Å². The van der Waals surface area contributed by atoms with E-state index in [9.17, 15) is 21.6 Å². The summed E-state index contributed by atoms with van der Waals surface area (Å²) in [6.07, 6.45) is 0.799. The molecule has 0 aliphatic carbocycles. The number of rotatable bonds is 8. The normalized spacial score (nSPS) is 17.0. The molecule has 1 amide bonds. The zero-order valence-corrected chi connectivity index (χ0v) is 20.2. The second-order valence-electron chi connectivity index (χ2n) is 7.60. The summed E-state index contributed by atoms with van der Waals surface area (Å²) >= 11 is 5.84. The monoisotopic (exact) mass is 524 g/mol. The number of hydrogen-bond acceptors (Lipinski definition) is 8. The number of aromatic nitrogens is 2. The molecule has 0 radical (unpaired) electrons. The van der Waals surface area contributed by atoms with E-state index in [0.29, 0.717) is 17.9 Å². The molecule has 0 saturated carbocycles. The summed E-state index contributed by atoms with van der Waals surface area (Å²) in [6, 6.07) is 12.5. The van der Waals surface area contributed by atoms with Crippen molar-refractivity contribution < 1.29 is 26.0 Å². The highest BCUT2D eigenvalue weighted by Gasteiger charge is 2.40. The molecule has 2 aromatic carbocycles. The Bertz CT molecular complexity index is 1380. The molecule has 1 aliphatic heterocycles. The summed E-state index contributed by atoms with van der Waals surface area (Å²) in [6.45, 7) is 0.190. The average Bonchev–Trinajstić information content (AvgIpc) is 3.49. The number of carbonyl (C=O) groups excluding carboxylic acids is 1. The molecular formula is C21H21ClN4O6S2. The van der Waals surface area contributed by atoms with Crippen LogP contribution < -0.4 is 5.32 Å². The van der Waals surface area contributed by atoms with Crippen LogP contribution >= 0.6 is 11.6 Å². The number of hydrogen-bond donors (Lipinski definition) is 1. The van der Waals surface area contributed by atoms with Crippen molar-refractivity contribution >= 4 is 43.4 Å². The fourth-order valence-corrected chi connectivity index (χ4v) is 6.63. The van der Waals surface area contributed by atoms with Crippen molar-refractivity contribution in [3.05, 3.63) is 65.5 Å². The molecule has 0 spiro atoms. The van der Waals surface area contributed by atoms with Gasteiger partial charge in [0.25, 0.3) is 0 Å². The summed E-state index contributed by atoms with van der Waals surface area (Å²) in [7, 11) is -7.44. The number of halogens is 1. The van der Waals surface area contributed by atoms with E-state index in [1.54, 1.807) is 18.2 Å². The molecule has 2 heterocycles. The first-order valence-electron chi connectivity index (χ1n) is 10.4. The van der Waals surface area contributed by atoms with Crippen LogP contribution in [0.15, 0.2) is 68.8 Å². The molecule has 1 fully saturated rings. The van der Waals surface area contributed by atoms with Crippen LogP contribution in [0.25, 0.3) is 0 Å². The first kappa shape index (κ1) is 24.3. The van der Waals surface area contributed by atoms with E-state index < -0.39 is 31.8 Å². The maximum absolute atomic E-state index is 13.0. The second-order valence-corrected chi connectivity index (χ2v) is 12.0. The molecule has 1 atom stereocenters. The van der Waals surface area contributed by atoms with Crippen molar-refractivity contribution in [2.45, 2.75) is 35.1 Å². The Morgan fingerprint density at radius 1 is 1.03 bits per heavy atom. The Hall–Kier alpha value is -2.80. The highest BCUT2D eigenvalue weighted by atomic mass is 35.5. The summed E-state index contributed by atoms with van der Waals surface area (Å²) in [5.74, 6) is -0.823. The highest BCUT2D eigenvalue weighted by Crippen LogP contribution is 2.27. The third-order valence-electron chi connectivity index (χ3n) is 5.31. The summed E-state index contributed by atoms with van der Waals surface area (Å²) in [5, 5.41) is 10.3. The Kier molecular flexibility index (Phi) is 7.03. The lowest BCUT2D eigenvalue weighted by Gasteiger charge is -2.22. The predicted octanol–water partition coefficient (Wildman–Crippen LogP) is 2.53. The molecule has 34 heavy (non-hydrogen) atoms. The van der Waals surface area contributed by atoms with E-state index in [4.69, 9.17) is 16.0 Å². The summed E-state index contributed by atoms with van der Waals surface area (Å²) in [5.41, 5.74) is 0. The van der Waals surface area contributed by atoms with Crippen LogP contribution in [0.5, 0.6) is 0 Å². The summed E-state index contributed by atoms with van der Waals surface area (Å²) in [4.78, 5) is 13.0. The van der Waals surface area contributed by atoms with Gasteiger partial charge in [0, 0.05) is 18.0 Å². The van der Waals surface area contributed by atoms with Crippen LogP contribution in [-0.4, -0.2) is 55.6 Å². The molecule has 0 bridgehead atoms. The smallest absolute Gasteiger partial charge is 0.322 e. The van der Waals surface area contributed by atoms with Crippen molar-refractivity contribution in [2.75, 3.05) is 17.6 Å². The first-order chi connectivity index (χ1) is 16.2. The molecule has 1 saturated heterocycles. The van der Waals surface area contributed by atoms with E-state index in [1.807, 2.05) is 0 Å². The third-order valence-corrected chi connectivity index (χ3v) is 9.22. The van der Waals surface area contributed by atoms with Crippen LogP contribution in [0.3, 0.4) is 0 Å². The largest absolute Gasteiger partial charge is 0.408 e. The third kappa shape index (κ3) is 5.30. The van der Waals surface area contributed by atoms with Crippen molar-refractivity contribution in [3.63, 3.8) is 0 Å². The zero-order chi connectivity index (χ0) is 24.3. The molecule has 3 aromatic rings. The van der Waals surface area contributed by atoms with Gasteiger partial charge in [0.2, 0.25) is 21.8 Å². The number of nitrogens with zero attached hydrogens (tertiary/aromatic N) is 3. The maximum Gasteiger partial charge on any atom is 0.322 e. The first-order valence-corrected chi connectivity index (χ1v) is 13.8. The minimum absolute atomic E-state index is 0.0341. The van der Waals surface area contributed by atoms with E-state index >= 15 is 0 Å². The minimum Gasteiger partial charge on any atom is -0.408 e. The standard InChI is InChI=1S/C21H21ClN4O6S2/c22-15-8-10-17(11-9-15)34(30,31)26-13-4-7-18(26)20(27)23-21-25-24-19(32-21)12-14-33(28,29)16-5-2-1-3-6-16/h1-3,5-6,8-11,18H,4,7,12-14H2,(H,23,25,27). The average molecular weight is 525 g/mol. The Morgan fingerprint density at radius 2 is 1.74 bits per heavy atom. The van der Waals surface area contributed by atoms with Crippen LogP contribution in [0.2, 0.25) is 5.02 Å². The van der Waals surface area contributed by atoms with Crippen molar-refractivity contribution in [3.8, 4) is 0 Å². The van der Waals surface area contributed by atoms with Gasteiger partial charge < -0.3 is 4.42 Å². The number of nitrogens with one attached hydrogen (secondary N) is 1. The van der Waals surface area contributed by atoms with Crippen LogP contribution in [-0.2, 0) is 31.1 Å². The Balaban J connectivity index is 1.40. The van der Waals surface area contributed by atoms with Gasteiger partial charge >= 0.3 is 6.01 Å². The quantitative estimate of drug-likeness (QED) is 0.474. The van der Waals surface area contributed by atoms with Crippen molar-refractivity contribution in [1.29, 1.82) is 0 Å². The van der Waals surface area contributed by atoms with E-state index in [-0.39, 0.29) is 40.4 Å². The molecule has 1 N–H and O–H groups in total. The van der Waals surface area contributed by atoms with Gasteiger partial charge in [-0.05, 0) is 49.2 Å². The highest BCUT2D eigenvalue weighted by molar-refractivity contribution is 7.91. The number of aryl methyl sites for hydroxylation is 1. The van der Waals surface area contributed by atoms with Gasteiger partial charge in [-0.1, -0.05) is 34.9 Å². The van der Waals surface area contributed by atoms with Crippen LogP contribution in [0.4, 0.5) is 6.01 Å². The van der Waals surface area contributed by atoms with Crippen molar-refractivity contribution in [1.82, 2.24) is 14.5 Å². The molecule has 1 aliphatic rings. The lowest BCUT2D eigenvalue weighted by atomic mass is 10.2. The van der Waals surface area contributed by atoms with Gasteiger partial charge in [-0.25, -0.2) is 16.8 Å². The van der Waals surface area contributed by atoms with Crippen molar-refractivity contribution in [2.24, 2.45) is 0 Å². The topological polar surface area (TPSA) is 140 Å². The van der Waals surface area contributed by atoms with Gasteiger partial charge in [-0.2, -0.15) is 4.31 Å². The zero-order valence-electron chi connectivity index (χ0n) is 17.8. The molecule has 1 aromatic heterocycles. The molecule has 1 unspecified atom stereocenters.